The summed E-state index contributed by atoms with van der Waals surface area (Å²) in [5.41, 5.74) is 2.23. The van der Waals surface area contributed by atoms with Gasteiger partial charge in [-0.3, -0.25) is 14.0 Å². The highest BCUT2D eigenvalue weighted by molar-refractivity contribution is 7.81. The molecule has 0 aromatic carbocycles. The van der Waals surface area contributed by atoms with Crippen LogP contribution in [0, 0.1) is 13.1 Å². The normalized spacial score (nSPS) is 14.7. The van der Waals surface area contributed by atoms with E-state index < -0.39 is 20.8 Å². The van der Waals surface area contributed by atoms with Crippen LogP contribution >= 0.6 is 0 Å². The highest BCUT2D eigenvalue weighted by atomic mass is 32.3. The Balaban J connectivity index is 2.72. The van der Waals surface area contributed by atoms with Gasteiger partial charge in [-0.15, -0.1) is 0 Å². The Hall–Kier alpha value is -2.30. The fraction of sp³-hybridized carbons (Fsp3) is 0.529. The van der Waals surface area contributed by atoms with Crippen molar-refractivity contribution in [3.63, 3.8) is 0 Å². The van der Waals surface area contributed by atoms with E-state index in [9.17, 15) is 16.8 Å². The first-order valence-corrected chi connectivity index (χ1v) is 11.7. The fourth-order valence-electron chi connectivity index (χ4n) is 2.89. The van der Waals surface area contributed by atoms with Crippen LogP contribution in [0.1, 0.15) is 20.3 Å². The Morgan fingerprint density at radius 3 is 1.81 bits per heavy atom. The summed E-state index contributed by atoms with van der Waals surface area (Å²) in [5, 5.41) is 0. The average Bonchev–Trinajstić information content (AvgIpc) is 2.62. The molecule has 0 spiro atoms. The molecule has 12 nitrogen and oxygen atoms in total. The smallest absolute Gasteiger partial charge is 0.349 e. The van der Waals surface area contributed by atoms with Crippen LogP contribution < -0.4 is 0 Å². The number of hydrogen-bond donors (Lipinski definition) is 2. The van der Waals surface area contributed by atoms with Crippen LogP contribution in [0.25, 0.3) is 9.69 Å². The first-order chi connectivity index (χ1) is 14.4. The van der Waals surface area contributed by atoms with Gasteiger partial charge in [0.25, 0.3) is 0 Å². The molecule has 0 fully saturated rings. The second-order valence-electron chi connectivity index (χ2n) is 6.42. The molecule has 0 radical (unpaired) electrons. The van der Waals surface area contributed by atoms with Gasteiger partial charge in [0.15, 0.2) is 0 Å². The predicted octanol–water partition coefficient (Wildman–Crippen LogP) is 1.49. The number of rotatable bonds is 12. The molecule has 31 heavy (non-hydrogen) atoms. The third-order valence-electron chi connectivity index (χ3n) is 4.19. The second-order valence-corrected chi connectivity index (χ2v) is 8.60. The molecule has 0 aromatic rings. The minimum absolute atomic E-state index is 0.0119. The molecular weight excluding hydrogens is 452 g/mol. The summed E-state index contributed by atoms with van der Waals surface area (Å²) >= 11 is 0. The highest BCUT2D eigenvalue weighted by Crippen LogP contribution is 2.25. The summed E-state index contributed by atoms with van der Waals surface area (Å²) in [4.78, 5) is 10.1. The lowest BCUT2D eigenvalue weighted by Crippen LogP contribution is -2.35. The third-order valence-corrected chi connectivity index (χ3v) is 5.11. The maximum Gasteiger partial charge on any atom is 0.526 e. The second kappa shape index (κ2) is 11.9. The summed E-state index contributed by atoms with van der Waals surface area (Å²) in [6.45, 7) is 18.2. The minimum atomic E-state index is -4.60. The molecule has 0 aliphatic carbocycles. The Labute approximate surface area is 182 Å². The van der Waals surface area contributed by atoms with Gasteiger partial charge in [0.2, 0.25) is 0 Å². The van der Waals surface area contributed by atoms with Crippen LogP contribution in [0.2, 0.25) is 0 Å². The largest absolute Gasteiger partial charge is 0.526 e. The monoisotopic (exact) mass is 476 g/mol. The summed E-state index contributed by atoms with van der Waals surface area (Å²) in [7, 11) is -9.19. The SMILES string of the molecule is [C-]#[N+]C([N+]#[C-])=C1C=C(C)N(CCCN(CCOS(=O)(=O)O)CCOS(=O)(=O)O)C(C)=C1. The lowest BCUT2D eigenvalue weighted by atomic mass is 10.1. The van der Waals surface area contributed by atoms with Crippen molar-refractivity contribution in [1.82, 2.24) is 9.80 Å². The van der Waals surface area contributed by atoms with Gasteiger partial charge >= 0.3 is 26.6 Å². The van der Waals surface area contributed by atoms with E-state index >= 15 is 0 Å². The quantitative estimate of drug-likeness (QED) is 0.314. The van der Waals surface area contributed by atoms with Gasteiger partial charge < -0.3 is 4.90 Å². The van der Waals surface area contributed by atoms with Crippen molar-refractivity contribution in [2.24, 2.45) is 0 Å². The Morgan fingerprint density at radius 1 is 0.968 bits per heavy atom. The van der Waals surface area contributed by atoms with E-state index in [0.29, 0.717) is 25.1 Å². The van der Waals surface area contributed by atoms with Crippen LogP contribution in [-0.2, 0) is 29.2 Å². The van der Waals surface area contributed by atoms with Crippen molar-refractivity contribution >= 4 is 20.8 Å². The molecule has 1 heterocycles. The topological polar surface area (TPSA) is 142 Å². The summed E-state index contributed by atoms with van der Waals surface area (Å²) in [6, 6.07) is 0. The van der Waals surface area contributed by atoms with Crippen LogP contribution in [0.4, 0.5) is 0 Å². The van der Waals surface area contributed by atoms with Gasteiger partial charge in [0.05, 0.1) is 18.8 Å². The number of nitrogens with zero attached hydrogens (tertiary/aromatic N) is 4. The first kappa shape index (κ1) is 26.7. The Morgan fingerprint density at radius 2 is 1.42 bits per heavy atom. The average molecular weight is 477 g/mol. The molecule has 0 aromatic heterocycles. The minimum Gasteiger partial charge on any atom is -0.349 e. The molecule has 0 atom stereocenters. The Bertz CT molecular complexity index is 957. The number of hydrogen-bond acceptors (Lipinski definition) is 8. The van der Waals surface area contributed by atoms with Crippen LogP contribution in [0.3, 0.4) is 0 Å². The molecule has 14 heteroatoms. The van der Waals surface area contributed by atoms with Crippen molar-refractivity contribution < 1.29 is 34.3 Å². The first-order valence-electron chi connectivity index (χ1n) is 8.95. The van der Waals surface area contributed by atoms with E-state index in [1.54, 1.807) is 17.1 Å². The zero-order chi connectivity index (χ0) is 23.7. The number of allylic oxidation sites excluding steroid dienone is 5. The molecule has 0 unspecified atom stereocenters. The van der Waals surface area contributed by atoms with E-state index in [-0.39, 0.29) is 32.1 Å². The zero-order valence-corrected chi connectivity index (χ0v) is 18.7. The van der Waals surface area contributed by atoms with E-state index in [4.69, 9.17) is 22.2 Å². The molecule has 1 aliphatic rings. The van der Waals surface area contributed by atoms with E-state index in [2.05, 4.69) is 18.1 Å². The van der Waals surface area contributed by atoms with Gasteiger partial charge in [-0.25, -0.2) is 8.37 Å². The van der Waals surface area contributed by atoms with Gasteiger partial charge in [-0.2, -0.15) is 26.5 Å². The maximum absolute atomic E-state index is 10.7. The molecule has 0 amide bonds. The Kier molecular flexibility index (Phi) is 10.3. The molecule has 1 aliphatic heterocycles. The maximum atomic E-state index is 10.7. The van der Waals surface area contributed by atoms with Crippen molar-refractivity contribution in [3.05, 3.63) is 57.8 Å². The van der Waals surface area contributed by atoms with E-state index in [1.807, 2.05) is 18.7 Å². The van der Waals surface area contributed by atoms with Gasteiger partial charge in [0.1, 0.15) is 13.1 Å². The molecule has 2 N–H and O–H groups in total. The summed E-state index contributed by atoms with van der Waals surface area (Å²) in [6.07, 6.45) is 4.07. The summed E-state index contributed by atoms with van der Waals surface area (Å²) < 4.78 is 68.6. The van der Waals surface area contributed by atoms with Crippen molar-refractivity contribution in [2.75, 3.05) is 39.4 Å². The van der Waals surface area contributed by atoms with Gasteiger partial charge in [0, 0.05) is 37.6 Å². The lowest BCUT2D eigenvalue weighted by molar-refractivity contribution is 0.163. The molecule has 172 valence electrons. The molecule has 0 saturated heterocycles. The molecular formula is C17H24N4O8S2. The molecule has 0 saturated carbocycles. The van der Waals surface area contributed by atoms with Gasteiger partial charge in [-0.1, -0.05) is 0 Å². The van der Waals surface area contributed by atoms with E-state index in [1.165, 1.54) is 0 Å². The van der Waals surface area contributed by atoms with Gasteiger partial charge in [-0.05, 0) is 32.4 Å². The van der Waals surface area contributed by atoms with Crippen molar-refractivity contribution in [3.8, 4) is 0 Å². The summed E-state index contributed by atoms with van der Waals surface area (Å²) in [5.74, 6) is -0.0119. The third kappa shape index (κ3) is 10.5. The fourth-order valence-corrected chi connectivity index (χ4v) is 3.46. The predicted molar refractivity (Wildman–Crippen MR) is 111 cm³/mol. The van der Waals surface area contributed by atoms with Crippen molar-refractivity contribution in [1.29, 1.82) is 0 Å². The van der Waals surface area contributed by atoms with Crippen LogP contribution in [-0.4, -0.2) is 75.1 Å². The van der Waals surface area contributed by atoms with Crippen molar-refractivity contribution in [2.45, 2.75) is 20.3 Å². The van der Waals surface area contributed by atoms with Crippen LogP contribution in [0.5, 0.6) is 0 Å². The lowest BCUT2D eigenvalue weighted by Gasteiger charge is -2.30. The standard InChI is InChI=1S/C17H24N4O8S2/c1-14-12-16(17(18-3)19-4)13-15(2)21(14)7-5-6-20(8-10-28-30(22,23)24)9-11-29-31(25,26)27/h12-13H,5-11H2,1-2H3,(H,22,23,24)(H,25,26,27). The van der Waals surface area contributed by atoms with E-state index in [0.717, 1.165) is 11.4 Å². The van der Waals surface area contributed by atoms with Crippen LogP contribution in [0.15, 0.2) is 34.9 Å². The molecule has 0 bridgehead atoms. The molecule has 1 rings (SSSR count). The highest BCUT2D eigenvalue weighted by Gasteiger charge is 2.19. The zero-order valence-electron chi connectivity index (χ0n) is 17.1.